The summed E-state index contributed by atoms with van der Waals surface area (Å²) in [6.45, 7) is 2.94. The van der Waals surface area contributed by atoms with Gasteiger partial charge < -0.3 is 15.7 Å². The Morgan fingerprint density at radius 1 is 1.29 bits per heavy atom. The van der Waals surface area contributed by atoms with Crippen molar-refractivity contribution in [2.45, 2.75) is 6.04 Å². The van der Waals surface area contributed by atoms with Gasteiger partial charge in [-0.3, -0.25) is 4.90 Å². The lowest BCUT2D eigenvalue weighted by Gasteiger charge is -2.33. The maximum absolute atomic E-state index is 8.90. The summed E-state index contributed by atoms with van der Waals surface area (Å²) in [7, 11) is 0. The topological polar surface area (TPSA) is 71.1 Å². The first-order valence-electron chi connectivity index (χ1n) is 5.67. The highest BCUT2D eigenvalue weighted by Gasteiger charge is 2.25. The number of hydrogen-bond donors (Lipinski definition) is 2. The van der Waals surface area contributed by atoms with Gasteiger partial charge in [-0.2, -0.15) is 0 Å². The first-order valence-corrected chi connectivity index (χ1v) is 5.67. The Kier molecular flexibility index (Phi) is 3.95. The van der Waals surface area contributed by atoms with Crippen LogP contribution in [-0.2, 0) is 4.74 Å². The van der Waals surface area contributed by atoms with Gasteiger partial charge in [0.2, 0.25) is 0 Å². The molecular weight excluding hydrogens is 218 g/mol. The molecule has 0 aliphatic carbocycles. The predicted molar refractivity (Wildman–Crippen MR) is 65.0 cm³/mol. The van der Waals surface area contributed by atoms with Crippen LogP contribution in [0.1, 0.15) is 11.6 Å². The number of nitrogens with two attached hydrogens (primary N) is 1. The number of benzene rings is 1. The van der Waals surface area contributed by atoms with E-state index >= 15 is 0 Å². The molecule has 1 saturated heterocycles. The van der Waals surface area contributed by atoms with Crippen LogP contribution in [0, 0.1) is 0 Å². The van der Waals surface area contributed by atoms with E-state index in [0.717, 1.165) is 18.7 Å². The minimum Gasteiger partial charge on any atom is -0.409 e. The third kappa shape index (κ3) is 2.75. The monoisotopic (exact) mass is 235 g/mol. The third-order valence-corrected chi connectivity index (χ3v) is 2.92. The summed E-state index contributed by atoms with van der Waals surface area (Å²) in [6.07, 6.45) is 0. The van der Waals surface area contributed by atoms with Crippen molar-refractivity contribution in [3.63, 3.8) is 0 Å². The van der Waals surface area contributed by atoms with Crippen LogP contribution in [0.5, 0.6) is 0 Å². The second-order valence-corrected chi connectivity index (χ2v) is 3.99. The van der Waals surface area contributed by atoms with Gasteiger partial charge in [-0.15, -0.1) is 0 Å². The van der Waals surface area contributed by atoms with E-state index in [4.69, 9.17) is 15.7 Å². The lowest BCUT2D eigenvalue weighted by atomic mass is 10.0. The molecule has 0 bridgehead atoms. The molecule has 0 aromatic heterocycles. The van der Waals surface area contributed by atoms with Crippen molar-refractivity contribution in [3.05, 3.63) is 35.9 Å². The molecule has 0 unspecified atom stereocenters. The van der Waals surface area contributed by atoms with Gasteiger partial charge >= 0.3 is 0 Å². The van der Waals surface area contributed by atoms with E-state index in [1.807, 2.05) is 30.3 Å². The average molecular weight is 235 g/mol. The van der Waals surface area contributed by atoms with Crippen molar-refractivity contribution >= 4 is 5.84 Å². The molecule has 17 heavy (non-hydrogen) atoms. The Labute approximate surface area is 100 Å². The third-order valence-electron chi connectivity index (χ3n) is 2.92. The van der Waals surface area contributed by atoms with Crippen molar-refractivity contribution < 1.29 is 9.94 Å². The van der Waals surface area contributed by atoms with Crippen LogP contribution in [0.15, 0.2) is 35.5 Å². The van der Waals surface area contributed by atoms with Crippen molar-refractivity contribution in [3.8, 4) is 0 Å². The van der Waals surface area contributed by atoms with Gasteiger partial charge in [-0.1, -0.05) is 35.5 Å². The molecule has 0 radical (unpaired) electrons. The molecule has 1 aromatic rings. The highest BCUT2D eigenvalue weighted by Crippen LogP contribution is 2.21. The number of amidine groups is 1. The molecular formula is C12H17N3O2. The molecule has 1 heterocycles. The van der Waals surface area contributed by atoms with Crippen LogP contribution >= 0.6 is 0 Å². The van der Waals surface area contributed by atoms with E-state index in [2.05, 4.69) is 10.1 Å². The lowest BCUT2D eigenvalue weighted by Crippen LogP contribution is -2.44. The normalized spacial score (nSPS) is 20.1. The molecule has 5 heteroatoms. The second-order valence-electron chi connectivity index (χ2n) is 3.99. The van der Waals surface area contributed by atoms with Crippen LogP contribution in [0.3, 0.4) is 0 Å². The van der Waals surface area contributed by atoms with E-state index < -0.39 is 0 Å². The Hall–Kier alpha value is -1.59. The molecule has 1 aromatic carbocycles. The Bertz CT molecular complexity index is 375. The van der Waals surface area contributed by atoms with Crippen LogP contribution in [0.2, 0.25) is 0 Å². The SMILES string of the molecule is N/C(=N/O)[C@@H](c1ccccc1)N1CCOCC1. The number of morpholine rings is 1. The first kappa shape index (κ1) is 11.9. The molecule has 0 saturated carbocycles. The van der Waals surface area contributed by atoms with Crippen LogP contribution in [0.25, 0.3) is 0 Å². The minimum atomic E-state index is -0.176. The van der Waals surface area contributed by atoms with Crippen LogP contribution in [-0.4, -0.2) is 42.2 Å². The summed E-state index contributed by atoms with van der Waals surface area (Å²) in [6, 6.07) is 9.65. The zero-order chi connectivity index (χ0) is 12.1. The fourth-order valence-corrected chi connectivity index (χ4v) is 2.09. The summed E-state index contributed by atoms with van der Waals surface area (Å²) >= 11 is 0. The van der Waals surface area contributed by atoms with Gasteiger partial charge in [-0.05, 0) is 5.56 Å². The molecule has 2 rings (SSSR count). The molecule has 92 valence electrons. The highest BCUT2D eigenvalue weighted by atomic mass is 16.5. The van der Waals surface area contributed by atoms with Crippen LogP contribution in [0.4, 0.5) is 0 Å². The summed E-state index contributed by atoms with van der Waals surface area (Å²) in [5, 5.41) is 12.1. The quantitative estimate of drug-likeness (QED) is 0.352. The minimum absolute atomic E-state index is 0.176. The van der Waals surface area contributed by atoms with Crippen molar-refractivity contribution in [2.75, 3.05) is 26.3 Å². The zero-order valence-corrected chi connectivity index (χ0v) is 9.62. The highest BCUT2D eigenvalue weighted by molar-refractivity contribution is 5.86. The number of oxime groups is 1. The number of nitrogens with zero attached hydrogens (tertiary/aromatic N) is 2. The van der Waals surface area contributed by atoms with Gasteiger partial charge in [0.1, 0.15) is 0 Å². The van der Waals surface area contributed by atoms with Crippen molar-refractivity contribution in [1.29, 1.82) is 0 Å². The summed E-state index contributed by atoms with van der Waals surface area (Å²) in [5.41, 5.74) is 6.83. The standard InChI is InChI=1S/C12H17N3O2/c13-12(14-16)11(10-4-2-1-3-5-10)15-6-8-17-9-7-15/h1-5,11,16H,6-9H2,(H2,13,14)/t11-/m1/s1. The Morgan fingerprint density at radius 2 is 1.94 bits per heavy atom. The van der Waals surface area contributed by atoms with Gasteiger partial charge in [0, 0.05) is 13.1 Å². The first-order chi connectivity index (χ1) is 8.33. The van der Waals surface area contributed by atoms with E-state index in [0.29, 0.717) is 13.2 Å². The number of hydrogen-bond acceptors (Lipinski definition) is 4. The van der Waals surface area contributed by atoms with E-state index in [9.17, 15) is 0 Å². The maximum atomic E-state index is 8.90. The molecule has 0 spiro atoms. The van der Waals surface area contributed by atoms with Crippen molar-refractivity contribution in [2.24, 2.45) is 10.9 Å². The Balaban J connectivity index is 2.25. The fraction of sp³-hybridized carbons (Fsp3) is 0.417. The van der Waals surface area contributed by atoms with Gasteiger partial charge in [0.15, 0.2) is 5.84 Å². The summed E-state index contributed by atoms with van der Waals surface area (Å²) in [5.74, 6) is 0.220. The Morgan fingerprint density at radius 3 is 2.53 bits per heavy atom. The number of ether oxygens (including phenoxy) is 1. The summed E-state index contributed by atoms with van der Waals surface area (Å²) in [4.78, 5) is 2.16. The molecule has 1 aliphatic heterocycles. The molecule has 1 aliphatic rings. The van der Waals surface area contributed by atoms with Gasteiger partial charge in [-0.25, -0.2) is 0 Å². The lowest BCUT2D eigenvalue weighted by molar-refractivity contribution is 0.0280. The molecule has 3 N–H and O–H groups in total. The largest absolute Gasteiger partial charge is 0.409 e. The average Bonchev–Trinajstić information content (AvgIpc) is 2.41. The smallest absolute Gasteiger partial charge is 0.161 e. The fourth-order valence-electron chi connectivity index (χ4n) is 2.09. The maximum Gasteiger partial charge on any atom is 0.161 e. The van der Waals surface area contributed by atoms with Crippen LogP contribution < -0.4 is 5.73 Å². The van der Waals surface area contributed by atoms with E-state index in [1.165, 1.54) is 0 Å². The van der Waals surface area contributed by atoms with E-state index in [-0.39, 0.29) is 11.9 Å². The molecule has 5 nitrogen and oxygen atoms in total. The van der Waals surface area contributed by atoms with Crippen molar-refractivity contribution in [1.82, 2.24) is 4.90 Å². The molecule has 1 fully saturated rings. The summed E-state index contributed by atoms with van der Waals surface area (Å²) < 4.78 is 5.31. The van der Waals surface area contributed by atoms with E-state index in [1.54, 1.807) is 0 Å². The zero-order valence-electron chi connectivity index (χ0n) is 9.62. The van der Waals surface area contributed by atoms with Gasteiger partial charge in [0.25, 0.3) is 0 Å². The predicted octanol–water partition coefficient (Wildman–Crippen LogP) is 0.806. The second kappa shape index (κ2) is 5.65. The molecule has 1 atom stereocenters. The van der Waals surface area contributed by atoms with Gasteiger partial charge in [0.05, 0.1) is 19.3 Å². The molecule has 0 amide bonds. The number of rotatable bonds is 3.